The number of hydrogen-bond acceptors (Lipinski definition) is 7. The summed E-state index contributed by atoms with van der Waals surface area (Å²) >= 11 is 0. The molecule has 2 aromatic rings. The number of fused-ring (bicyclic) bond motifs is 1. The van der Waals surface area contributed by atoms with Gasteiger partial charge in [0.05, 0.1) is 11.5 Å². The molecule has 1 unspecified atom stereocenters. The van der Waals surface area contributed by atoms with Gasteiger partial charge in [0.15, 0.2) is 0 Å². The fourth-order valence-corrected chi connectivity index (χ4v) is 3.96. The van der Waals surface area contributed by atoms with Gasteiger partial charge in [-0.2, -0.15) is 10.2 Å². The van der Waals surface area contributed by atoms with Gasteiger partial charge in [-0.15, -0.1) is 0 Å². The number of carbonyl (C=O) groups is 1. The predicted octanol–water partition coefficient (Wildman–Crippen LogP) is 2.90. The lowest BCUT2D eigenvalue weighted by atomic mass is 9.85. The van der Waals surface area contributed by atoms with Crippen LogP contribution in [0.3, 0.4) is 0 Å². The van der Waals surface area contributed by atoms with E-state index in [0.717, 1.165) is 19.6 Å². The Labute approximate surface area is 182 Å². The molecule has 1 atom stereocenters. The molecule has 3 rings (SSSR count). The van der Waals surface area contributed by atoms with Crippen molar-refractivity contribution in [3.05, 3.63) is 34.8 Å². The van der Waals surface area contributed by atoms with Gasteiger partial charge in [-0.1, -0.05) is 39.8 Å². The van der Waals surface area contributed by atoms with Crippen LogP contribution in [-0.2, 0) is 4.79 Å². The second-order valence-corrected chi connectivity index (χ2v) is 9.40. The molecule has 1 amide bonds. The van der Waals surface area contributed by atoms with E-state index < -0.39 is 17.3 Å². The van der Waals surface area contributed by atoms with E-state index in [0.29, 0.717) is 36.0 Å². The number of carbonyl (C=O) groups excluding carboxylic acids is 1. The molecular formula is C23H31N5O3. The summed E-state index contributed by atoms with van der Waals surface area (Å²) in [6.07, 6.45) is 1.67. The maximum atomic E-state index is 13.4. The minimum atomic E-state index is -0.883. The third-order valence-electron chi connectivity index (χ3n) is 5.72. The van der Waals surface area contributed by atoms with Gasteiger partial charge in [0.1, 0.15) is 23.0 Å². The fraction of sp³-hybridized carbons (Fsp3) is 0.565. The summed E-state index contributed by atoms with van der Waals surface area (Å²) in [4.78, 5) is 31.6. The van der Waals surface area contributed by atoms with E-state index in [1.807, 2.05) is 26.8 Å². The minimum absolute atomic E-state index is 0.171. The van der Waals surface area contributed by atoms with Crippen LogP contribution in [0.4, 0.5) is 5.82 Å². The molecule has 1 aromatic carbocycles. The van der Waals surface area contributed by atoms with Gasteiger partial charge in [-0.25, -0.2) is 4.79 Å². The summed E-state index contributed by atoms with van der Waals surface area (Å²) in [6.45, 7) is 10.7. The van der Waals surface area contributed by atoms with Gasteiger partial charge in [0.25, 0.3) is 0 Å². The molecule has 2 N–H and O–H groups in total. The highest BCUT2D eigenvalue weighted by molar-refractivity contribution is 5.91. The molecule has 0 spiro atoms. The summed E-state index contributed by atoms with van der Waals surface area (Å²) in [6, 6.07) is 8.76. The van der Waals surface area contributed by atoms with Gasteiger partial charge < -0.3 is 20.0 Å². The minimum Gasteiger partial charge on any atom is -0.408 e. The Kier molecular flexibility index (Phi) is 6.65. The lowest BCUT2D eigenvalue weighted by Gasteiger charge is -2.38. The van der Waals surface area contributed by atoms with E-state index >= 15 is 0 Å². The summed E-state index contributed by atoms with van der Waals surface area (Å²) in [5.74, 6) is -0.680. The average Bonchev–Trinajstić information content (AvgIpc) is 2.72. The number of amides is 1. The van der Waals surface area contributed by atoms with Crippen LogP contribution in [0, 0.1) is 16.7 Å². The van der Waals surface area contributed by atoms with Crippen LogP contribution < -0.4 is 16.4 Å². The van der Waals surface area contributed by atoms with E-state index in [1.54, 1.807) is 18.2 Å². The number of benzene rings is 1. The Morgan fingerprint density at radius 2 is 2.00 bits per heavy atom. The van der Waals surface area contributed by atoms with Gasteiger partial charge in [0, 0.05) is 13.1 Å². The molecule has 8 nitrogen and oxygen atoms in total. The molecule has 0 saturated carbocycles. The zero-order valence-corrected chi connectivity index (χ0v) is 18.7. The highest BCUT2D eigenvalue weighted by Crippen LogP contribution is 2.27. The van der Waals surface area contributed by atoms with E-state index in [1.165, 1.54) is 0 Å². The van der Waals surface area contributed by atoms with Crippen LogP contribution in [-0.4, -0.2) is 47.0 Å². The van der Waals surface area contributed by atoms with Gasteiger partial charge in [-0.3, -0.25) is 4.79 Å². The van der Waals surface area contributed by atoms with Crippen LogP contribution in [0.1, 0.15) is 47.0 Å². The molecule has 0 radical (unpaired) electrons. The van der Waals surface area contributed by atoms with Crippen molar-refractivity contribution < 1.29 is 9.21 Å². The van der Waals surface area contributed by atoms with Crippen molar-refractivity contribution in [2.75, 3.05) is 25.0 Å². The Morgan fingerprint density at radius 1 is 1.32 bits per heavy atom. The van der Waals surface area contributed by atoms with Crippen LogP contribution in [0.5, 0.6) is 0 Å². The van der Waals surface area contributed by atoms with Crippen LogP contribution >= 0.6 is 0 Å². The highest BCUT2D eigenvalue weighted by Gasteiger charge is 2.38. The van der Waals surface area contributed by atoms with E-state index in [2.05, 4.69) is 33.5 Å². The van der Waals surface area contributed by atoms with Gasteiger partial charge in [-0.05, 0) is 43.4 Å². The van der Waals surface area contributed by atoms with Gasteiger partial charge in [0.2, 0.25) is 5.91 Å². The summed E-state index contributed by atoms with van der Waals surface area (Å²) in [5.41, 5.74) is -0.651. The van der Waals surface area contributed by atoms with Crippen molar-refractivity contribution in [3.8, 4) is 6.07 Å². The van der Waals surface area contributed by atoms with E-state index in [4.69, 9.17) is 4.42 Å². The SMILES string of the molecule is CCN1CCC(C#N)(NC(=O)C(CC(C)(C)C)Nc2nc(=O)oc3ccccc23)CC1. The third-order valence-corrected chi connectivity index (χ3v) is 5.72. The Bertz CT molecular complexity index is 1030. The molecule has 1 aliphatic heterocycles. The molecular weight excluding hydrogens is 394 g/mol. The Balaban J connectivity index is 1.87. The lowest BCUT2D eigenvalue weighted by molar-refractivity contribution is -0.124. The molecule has 0 bridgehead atoms. The average molecular weight is 426 g/mol. The quantitative estimate of drug-likeness (QED) is 0.732. The predicted molar refractivity (Wildman–Crippen MR) is 120 cm³/mol. The van der Waals surface area contributed by atoms with E-state index in [-0.39, 0.29) is 11.3 Å². The molecule has 1 saturated heterocycles. The molecule has 2 heterocycles. The number of piperidine rings is 1. The van der Waals surface area contributed by atoms with Gasteiger partial charge >= 0.3 is 5.76 Å². The Morgan fingerprint density at radius 3 is 2.61 bits per heavy atom. The molecule has 1 aliphatic rings. The monoisotopic (exact) mass is 425 g/mol. The molecule has 0 aliphatic carbocycles. The van der Waals surface area contributed by atoms with Crippen LogP contribution in [0.2, 0.25) is 0 Å². The fourth-order valence-electron chi connectivity index (χ4n) is 3.96. The Hall–Kier alpha value is -2.92. The highest BCUT2D eigenvalue weighted by atomic mass is 16.4. The van der Waals surface area contributed by atoms with Crippen LogP contribution in [0.15, 0.2) is 33.5 Å². The van der Waals surface area contributed by atoms with E-state index in [9.17, 15) is 14.9 Å². The summed E-state index contributed by atoms with van der Waals surface area (Å²) in [7, 11) is 0. The number of anilines is 1. The lowest BCUT2D eigenvalue weighted by Crippen LogP contribution is -2.57. The van der Waals surface area contributed by atoms with Crippen molar-refractivity contribution in [1.82, 2.24) is 15.2 Å². The second kappa shape index (κ2) is 9.06. The molecule has 166 valence electrons. The number of likely N-dealkylation sites (tertiary alicyclic amines) is 1. The number of rotatable bonds is 6. The largest absolute Gasteiger partial charge is 0.441 e. The number of hydrogen-bond donors (Lipinski definition) is 2. The molecule has 1 fully saturated rings. The first-order chi connectivity index (χ1) is 14.6. The third kappa shape index (κ3) is 5.61. The van der Waals surface area contributed by atoms with Crippen molar-refractivity contribution in [2.45, 2.75) is 58.5 Å². The first kappa shape index (κ1) is 22.8. The zero-order valence-electron chi connectivity index (χ0n) is 18.7. The number of nitrogens with one attached hydrogen (secondary N) is 2. The number of para-hydroxylation sites is 1. The molecule has 1 aromatic heterocycles. The normalized spacial score (nSPS) is 17.6. The van der Waals surface area contributed by atoms with Crippen LogP contribution in [0.25, 0.3) is 11.0 Å². The summed E-state index contributed by atoms with van der Waals surface area (Å²) in [5, 5.41) is 16.7. The second-order valence-electron chi connectivity index (χ2n) is 9.40. The smallest absolute Gasteiger partial charge is 0.408 e. The molecule has 31 heavy (non-hydrogen) atoms. The molecule has 8 heteroatoms. The van der Waals surface area contributed by atoms with Crippen molar-refractivity contribution >= 4 is 22.7 Å². The number of nitrogens with zero attached hydrogens (tertiary/aromatic N) is 3. The maximum Gasteiger partial charge on any atom is 0.441 e. The standard InChI is InChI=1S/C23H31N5O3/c1-5-28-12-10-23(15-24,11-13-28)27-20(29)17(14-22(2,3)4)25-19-16-8-6-7-9-18(16)31-21(30)26-19/h6-9,17H,5,10-14H2,1-4H3,(H,27,29)(H,25,26,30). The first-order valence-corrected chi connectivity index (χ1v) is 10.8. The van der Waals surface area contributed by atoms with Crippen molar-refractivity contribution in [3.63, 3.8) is 0 Å². The zero-order chi connectivity index (χ0) is 22.6. The summed E-state index contributed by atoms with van der Waals surface area (Å²) < 4.78 is 5.17. The number of aromatic nitrogens is 1. The van der Waals surface area contributed by atoms with Crippen molar-refractivity contribution in [1.29, 1.82) is 5.26 Å². The topological polar surface area (TPSA) is 111 Å². The maximum absolute atomic E-state index is 13.4. The first-order valence-electron chi connectivity index (χ1n) is 10.8. The van der Waals surface area contributed by atoms with Crippen molar-refractivity contribution in [2.24, 2.45) is 5.41 Å². The number of nitriles is 1.